The molecule has 34 heavy (non-hydrogen) atoms. The van der Waals surface area contributed by atoms with Crippen molar-refractivity contribution in [1.82, 2.24) is 14.3 Å². The van der Waals surface area contributed by atoms with Gasteiger partial charge in [0.25, 0.3) is 0 Å². The zero-order valence-electron chi connectivity index (χ0n) is 19.6. The van der Waals surface area contributed by atoms with Crippen molar-refractivity contribution in [2.75, 3.05) is 5.32 Å². The first kappa shape index (κ1) is 24.5. The maximum atomic E-state index is 12.9. The minimum absolute atomic E-state index is 0.164. The fourth-order valence-corrected chi connectivity index (χ4v) is 6.21. The van der Waals surface area contributed by atoms with E-state index in [1.165, 1.54) is 29.6 Å². The molecule has 0 spiro atoms. The Kier molecular flexibility index (Phi) is 7.45. The minimum atomic E-state index is -3.57. The van der Waals surface area contributed by atoms with E-state index < -0.39 is 15.3 Å². The van der Waals surface area contributed by atoms with Gasteiger partial charge in [-0.1, -0.05) is 30.0 Å². The highest BCUT2D eigenvalue weighted by molar-refractivity contribution is 8.00. The van der Waals surface area contributed by atoms with Crippen LogP contribution in [-0.4, -0.2) is 35.2 Å². The van der Waals surface area contributed by atoms with E-state index in [1.807, 2.05) is 25.1 Å². The Bertz CT molecular complexity index is 1250. The Morgan fingerprint density at radius 2 is 1.68 bits per heavy atom. The third-order valence-corrected chi connectivity index (χ3v) is 8.32. The number of anilines is 1. The van der Waals surface area contributed by atoms with Crippen LogP contribution in [0.25, 0.3) is 5.69 Å². The summed E-state index contributed by atoms with van der Waals surface area (Å²) >= 11 is 1.43. The fourth-order valence-electron chi connectivity index (χ4n) is 3.99. The van der Waals surface area contributed by atoms with Gasteiger partial charge in [-0.05, 0) is 82.9 Å². The number of carbonyl (C=O) groups is 1. The lowest BCUT2D eigenvalue weighted by atomic mass is 10.0. The molecule has 1 amide bonds. The number of thioether (sulfide) groups is 1. The topological polar surface area (TPSA) is 93.1 Å². The first-order valence-electron chi connectivity index (χ1n) is 11.5. The molecular weight excluding hydrogens is 468 g/mol. The number of carbonyl (C=O) groups excluding carboxylic acids is 1. The molecule has 0 unspecified atom stereocenters. The smallest absolute Gasteiger partial charge is 0.240 e. The average molecular weight is 499 g/mol. The number of aryl methyl sites for hydroxylation is 1. The summed E-state index contributed by atoms with van der Waals surface area (Å²) in [5.41, 5.74) is 3.96. The lowest BCUT2D eigenvalue weighted by molar-refractivity contribution is -0.115. The number of rotatable bonds is 8. The lowest BCUT2D eigenvalue weighted by Gasteiger charge is -2.16. The van der Waals surface area contributed by atoms with E-state index >= 15 is 0 Å². The molecule has 0 fully saturated rings. The summed E-state index contributed by atoms with van der Waals surface area (Å²) in [6, 6.07) is 16.1. The van der Waals surface area contributed by atoms with Gasteiger partial charge in [0.15, 0.2) is 5.16 Å². The maximum Gasteiger partial charge on any atom is 0.240 e. The maximum absolute atomic E-state index is 12.9. The molecule has 7 nitrogen and oxygen atoms in total. The Morgan fingerprint density at radius 1 is 1.00 bits per heavy atom. The summed E-state index contributed by atoms with van der Waals surface area (Å²) in [7, 11) is -3.57. The highest BCUT2D eigenvalue weighted by Crippen LogP contribution is 2.32. The standard InChI is InChI=1S/C25H30N4O3S2/c1-17(2)28-34(31,32)21-15-13-19(14-16-21)26-24(30)18(3)33-25-27-22-11-7-8-12-23(22)29(25)20-9-5-4-6-10-20/h4-6,9-10,13-18,28H,7-8,11-12H2,1-3H3,(H,26,30)/t18-/m0/s1. The van der Waals surface area contributed by atoms with Crippen molar-refractivity contribution in [3.8, 4) is 5.69 Å². The third kappa shape index (κ3) is 5.54. The van der Waals surface area contributed by atoms with Gasteiger partial charge in [-0.3, -0.25) is 9.36 Å². The fraction of sp³-hybridized carbons (Fsp3) is 0.360. The van der Waals surface area contributed by atoms with E-state index in [9.17, 15) is 13.2 Å². The third-order valence-electron chi connectivity index (χ3n) is 5.59. The Balaban J connectivity index is 1.49. The number of sulfonamides is 1. The van der Waals surface area contributed by atoms with Crippen LogP contribution in [-0.2, 0) is 27.7 Å². The molecule has 0 aliphatic heterocycles. The summed E-state index contributed by atoms with van der Waals surface area (Å²) in [4.78, 5) is 18.0. The van der Waals surface area contributed by atoms with Crippen molar-refractivity contribution in [1.29, 1.82) is 0 Å². The summed E-state index contributed by atoms with van der Waals surface area (Å²) in [5.74, 6) is -0.165. The molecule has 0 bridgehead atoms. The molecule has 1 aliphatic carbocycles. The van der Waals surface area contributed by atoms with Gasteiger partial charge in [-0.2, -0.15) is 0 Å². The molecule has 0 radical (unpaired) electrons. The van der Waals surface area contributed by atoms with Crippen LogP contribution in [0.15, 0.2) is 64.6 Å². The first-order chi connectivity index (χ1) is 16.2. The number of hydrogen-bond donors (Lipinski definition) is 2. The monoisotopic (exact) mass is 498 g/mol. The van der Waals surface area contributed by atoms with Gasteiger partial charge in [0.05, 0.1) is 15.8 Å². The van der Waals surface area contributed by atoms with Gasteiger partial charge in [-0.25, -0.2) is 18.1 Å². The molecule has 2 N–H and O–H groups in total. The average Bonchev–Trinajstić information content (AvgIpc) is 3.17. The Labute approximate surface area is 205 Å². The van der Waals surface area contributed by atoms with Crippen LogP contribution in [0, 0.1) is 0 Å². The van der Waals surface area contributed by atoms with Crippen LogP contribution in [0.1, 0.15) is 45.0 Å². The molecule has 4 rings (SSSR count). The van der Waals surface area contributed by atoms with E-state index in [1.54, 1.807) is 26.0 Å². The number of amides is 1. The van der Waals surface area contributed by atoms with Gasteiger partial charge in [0, 0.05) is 23.1 Å². The van der Waals surface area contributed by atoms with Crippen molar-refractivity contribution in [3.63, 3.8) is 0 Å². The molecule has 1 aliphatic rings. The number of para-hydroxylation sites is 1. The second kappa shape index (κ2) is 10.3. The molecule has 180 valence electrons. The van der Waals surface area contributed by atoms with Gasteiger partial charge in [0.1, 0.15) is 0 Å². The summed E-state index contributed by atoms with van der Waals surface area (Å²) in [5, 5.41) is 3.32. The largest absolute Gasteiger partial charge is 0.325 e. The van der Waals surface area contributed by atoms with Gasteiger partial charge < -0.3 is 5.32 Å². The number of aromatic nitrogens is 2. The predicted octanol–water partition coefficient (Wildman–Crippen LogP) is 4.56. The van der Waals surface area contributed by atoms with Gasteiger partial charge >= 0.3 is 0 Å². The lowest BCUT2D eigenvalue weighted by Crippen LogP contribution is -2.30. The van der Waals surface area contributed by atoms with Crippen molar-refractivity contribution >= 4 is 33.4 Å². The number of imidazole rings is 1. The first-order valence-corrected chi connectivity index (χ1v) is 13.9. The normalized spacial score (nSPS) is 14.6. The molecule has 0 saturated heterocycles. The number of nitrogens with zero attached hydrogens (tertiary/aromatic N) is 2. The van der Waals surface area contributed by atoms with Crippen molar-refractivity contribution in [2.45, 2.75) is 67.8 Å². The molecule has 1 atom stereocenters. The van der Waals surface area contributed by atoms with Crippen LogP contribution in [0.2, 0.25) is 0 Å². The molecular formula is C25H30N4O3S2. The Hall–Kier alpha value is -2.62. The van der Waals surface area contributed by atoms with E-state index in [2.05, 4.69) is 26.7 Å². The number of hydrogen-bond acceptors (Lipinski definition) is 5. The predicted molar refractivity (Wildman–Crippen MR) is 136 cm³/mol. The van der Waals surface area contributed by atoms with E-state index in [4.69, 9.17) is 4.98 Å². The highest BCUT2D eigenvalue weighted by atomic mass is 32.2. The van der Waals surface area contributed by atoms with Gasteiger partial charge in [0.2, 0.25) is 15.9 Å². The second-order valence-electron chi connectivity index (χ2n) is 8.72. The molecule has 9 heteroatoms. The summed E-state index contributed by atoms with van der Waals surface area (Å²) < 4.78 is 29.4. The van der Waals surface area contributed by atoms with Crippen molar-refractivity contribution < 1.29 is 13.2 Å². The molecule has 3 aromatic rings. The van der Waals surface area contributed by atoms with E-state index in [0.717, 1.165) is 42.2 Å². The van der Waals surface area contributed by atoms with Crippen LogP contribution in [0.3, 0.4) is 0 Å². The van der Waals surface area contributed by atoms with Crippen molar-refractivity contribution in [2.24, 2.45) is 0 Å². The SMILES string of the molecule is CC(C)NS(=O)(=O)c1ccc(NC(=O)[C@H](C)Sc2nc3c(n2-c2ccccc2)CCCC3)cc1. The van der Waals surface area contributed by atoms with Crippen molar-refractivity contribution in [3.05, 3.63) is 66.0 Å². The van der Waals surface area contributed by atoms with E-state index in [-0.39, 0.29) is 16.8 Å². The number of benzene rings is 2. The highest BCUT2D eigenvalue weighted by Gasteiger charge is 2.25. The Morgan fingerprint density at radius 3 is 2.35 bits per heavy atom. The molecule has 1 heterocycles. The van der Waals surface area contributed by atoms with Crippen LogP contribution >= 0.6 is 11.8 Å². The number of nitrogens with one attached hydrogen (secondary N) is 2. The zero-order valence-corrected chi connectivity index (χ0v) is 21.2. The van der Waals surface area contributed by atoms with E-state index in [0.29, 0.717) is 5.69 Å². The zero-order chi connectivity index (χ0) is 24.3. The van der Waals surface area contributed by atoms with Crippen LogP contribution in [0.5, 0.6) is 0 Å². The molecule has 1 aromatic heterocycles. The summed E-state index contributed by atoms with van der Waals surface area (Å²) in [6.45, 7) is 5.39. The van der Waals surface area contributed by atoms with Gasteiger partial charge in [-0.15, -0.1) is 0 Å². The van der Waals surface area contributed by atoms with Crippen LogP contribution < -0.4 is 10.0 Å². The number of fused-ring (bicyclic) bond motifs is 1. The summed E-state index contributed by atoms with van der Waals surface area (Å²) in [6.07, 6.45) is 4.23. The minimum Gasteiger partial charge on any atom is -0.325 e. The van der Waals surface area contributed by atoms with Crippen LogP contribution in [0.4, 0.5) is 5.69 Å². The molecule has 0 saturated carbocycles. The quantitative estimate of drug-likeness (QED) is 0.444. The second-order valence-corrected chi connectivity index (χ2v) is 11.7. The molecule has 2 aromatic carbocycles.